The Bertz CT molecular complexity index is 1400. The number of rotatable bonds is 9. The van der Waals surface area contributed by atoms with Crippen LogP contribution in [0.4, 0.5) is 24.8 Å². The van der Waals surface area contributed by atoms with Crippen molar-refractivity contribution in [1.82, 2.24) is 20.2 Å². The van der Waals surface area contributed by atoms with Gasteiger partial charge in [-0.05, 0) is 35.7 Å². The van der Waals surface area contributed by atoms with Gasteiger partial charge in [-0.15, -0.1) is 10.2 Å². The lowest BCUT2D eigenvalue weighted by Crippen LogP contribution is -2.17. The highest BCUT2D eigenvalue weighted by molar-refractivity contribution is 7.92. The molecule has 2 aromatic heterocycles. The minimum Gasteiger partial charge on any atom is -0.415 e. The van der Waals surface area contributed by atoms with Crippen LogP contribution in [0.15, 0.2) is 65.3 Å². The number of nitrogens with one attached hydrogen (secondary N) is 2. The van der Waals surface area contributed by atoms with Crippen molar-refractivity contribution in [3.05, 3.63) is 83.8 Å². The number of alkyl halides is 2. The highest BCUT2D eigenvalue weighted by Crippen LogP contribution is 2.28. The van der Waals surface area contributed by atoms with Gasteiger partial charge in [0.1, 0.15) is 5.82 Å². The smallest absolute Gasteiger partial charge is 0.314 e. The average molecular weight is 504 g/mol. The number of benzene rings is 2. The van der Waals surface area contributed by atoms with Gasteiger partial charge in [-0.2, -0.15) is 8.78 Å². The van der Waals surface area contributed by atoms with E-state index >= 15 is 0 Å². The third-order valence-corrected chi connectivity index (χ3v) is 5.43. The molecular weight excluding hydrogens is 485 g/mol. The molecule has 0 amide bonds. The monoisotopic (exact) mass is 504 g/mol. The average Bonchev–Trinajstić information content (AvgIpc) is 3.31. The summed E-state index contributed by atoms with van der Waals surface area (Å²) in [7, 11) is -3.51. The lowest BCUT2D eigenvalue weighted by atomic mass is 9.98. The van der Waals surface area contributed by atoms with Gasteiger partial charge in [0.25, 0.3) is 11.8 Å². The number of sulfonamides is 1. The quantitative estimate of drug-likeness (QED) is 0.345. The van der Waals surface area contributed by atoms with Gasteiger partial charge < -0.3 is 9.73 Å². The van der Waals surface area contributed by atoms with E-state index in [-0.39, 0.29) is 17.4 Å². The molecular formula is C22H19F3N6O3S. The van der Waals surface area contributed by atoms with Gasteiger partial charge in [0.2, 0.25) is 16.0 Å². The van der Waals surface area contributed by atoms with Crippen LogP contribution in [0.5, 0.6) is 0 Å². The molecule has 2 N–H and O–H groups in total. The molecule has 0 saturated heterocycles. The van der Waals surface area contributed by atoms with E-state index in [1.165, 1.54) is 24.5 Å². The van der Waals surface area contributed by atoms with E-state index in [0.717, 1.165) is 6.26 Å². The van der Waals surface area contributed by atoms with Crippen LogP contribution in [0.2, 0.25) is 0 Å². The Balaban J connectivity index is 1.60. The van der Waals surface area contributed by atoms with Crippen LogP contribution in [0.1, 0.15) is 29.5 Å². The van der Waals surface area contributed by atoms with Gasteiger partial charge in [-0.3, -0.25) is 4.72 Å². The van der Waals surface area contributed by atoms with E-state index < -0.39 is 34.2 Å². The maximum Gasteiger partial charge on any atom is 0.314 e. The minimum absolute atomic E-state index is 0.150. The lowest BCUT2D eigenvalue weighted by molar-refractivity contribution is 0.116. The maximum absolute atomic E-state index is 13.5. The topological polar surface area (TPSA) is 123 Å². The Morgan fingerprint density at radius 1 is 1.00 bits per heavy atom. The van der Waals surface area contributed by atoms with Crippen LogP contribution in [0.25, 0.3) is 11.5 Å². The Morgan fingerprint density at radius 2 is 1.69 bits per heavy atom. The molecule has 0 aliphatic carbocycles. The van der Waals surface area contributed by atoms with E-state index in [1.807, 2.05) is 0 Å². The molecule has 4 aromatic rings. The Morgan fingerprint density at radius 3 is 2.31 bits per heavy atom. The molecule has 0 aliphatic rings. The molecule has 13 heteroatoms. The summed E-state index contributed by atoms with van der Waals surface area (Å²) < 4.78 is 69.8. The normalized spacial score (nSPS) is 12.5. The highest BCUT2D eigenvalue weighted by Gasteiger charge is 2.19. The van der Waals surface area contributed by atoms with Crippen molar-refractivity contribution in [2.24, 2.45) is 0 Å². The maximum atomic E-state index is 13.5. The largest absolute Gasteiger partial charge is 0.415 e. The molecule has 35 heavy (non-hydrogen) atoms. The second kappa shape index (κ2) is 10.1. The van der Waals surface area contributed by atoms with Crippen molar-refractivity contribution in [3.63, 3.8) is 0 Å². The van der Waals surface area contributed by atoms with Crippen LogP contribution in [0, 0.1) is 5.82 Å². The summed E-state index contributed by atoms with van der Waals surface area (Å²) in [6.07, 6.45) is 1.13. The number of anilines is 2. The first kappa shape index (κ1) is 24.1. The fourth-order valence-corrected chi connectivity index (χ4v) is 3.87. The zero-order valence-electron chi connectivity index (χ0n) is 18.2. The molecule has 9 nitrogen and oxygen atoms in total. The highest BCUT2D eigenvalue weighted by atomic mass is 32.2. The molecule has 0 radical (unpaired) electrons. The zero-order valence-corrected chi connectivity index (χ0v) is 19.0. The Kier molecular flexibility index (Phi) is 6.96. The van der Waals surface area contributed by atoms with Crippen LogP contribution in [-0.2, 0) is 16.4 Å². The summed E-state index contributed by atoms with van der Waals surface area (Å²) in [5.74, 6) is -1.18. The first-order valence-corrected chi connectivity index (χ1v) is 12.1. The summed E-state index contributed by atoms with van der Waals surface area (Å²) in [6.45, 7) is 0. The predicted molar refractivity (Wildman–Crippen MR) is 122 cm³/mol. The van der Waals surface area contributed by atoms with Crippen molar-refractivity contribution >= 4 is 21.7 Å². The van der Waals surface area contributed by atoms with Gasteiger partial charge in [-0.25, -0.2) is 22.8 Å². The van der Waals surface area contributed by atoms with Crippen LogP contribution in [0.3, 0.4) is 0 Å². The van der Waals surface area contributed by atoms with Crippen molar-refractivity contribution in [3.8, 4) is 11.5 Å². The molecule has 0 bridgehead atoms. The minimum atomic E-state index is -3.51. The second-order valence-corrected chi connectivity index (χ2v) is 9.27. The summed E-state index contributed by atoms with van der Waals surface area (Å²) >= 11 is 0. The molecule has 0 fully saturated rings. The first-order valence-electron chi connectivity index (χ1n) is 10.2. The van der Waals surface area contributed by atoms with Crippen molar-refractivity contribution in [1.29, 1.82) is 0 Å². The number of nitrogens with zero attached hydrogens (tertiary/aromatic N) is 4. The fourth-order valence-electron chi connectivity index (χ4n) is 3.27. The number of aromatic nitrogens is 4. The molecule has 2 aromatic carbocycles. The lowest BCUT2D eigenvalue weighted by Gasteiger charge is -2.21. The summed E-state index contributed by atoms with van der Waals surface area (Å²) in [5.41, 5.74) is 2.04. The van der Waals surface area contributed by atoms with Gasteiger partial charge in [0.05, 0.1) is 23.5 Å². The number of hydrogen-bond acceptors (Lipinski definition) is 8. The zero-order chi connectivity index (χ0) is 25.0. The predicted octanol–water partition coefficient (Wildman–Crippen LogP) is 4.37. The molecule has 1 atom stereocenters. The molecule has 0 saturated carbocycles. The molecule has 0 aliphatic heterocycles. The standard InChI is InChI=1S/C22H19F3N6O3S/c1-35(32,33)31-17-5-3-2-4-14(17)10-18(13-6-8-16(23)9-7-13)28-22-26-11-15(12-27-22)20-29-30-21(34-20)19(24)25/h2-9,11-12,18-19,31H,10H2,1H3,(H,26,27,28). The van der Waals surface area contributed by atoms with E-state index in [1.54, 1.807) is 36.4 Å². The van der Waals surface area contributed by atoms with Crippen molar-refractivity contribution < 1.29 is 26.0 Å². The molecule has 1 unspecified atom stereocenters. The Hall–Kier alpha value is -4.00. The number of hydrogen-bond donors (Lipinski definition) is 2. The van der Waals surface area contributed by atoms with E-state index in [4.69, 9.17) is 4.42 Å². The van der Waals surface area contributed by atoms with E-state index in [0.29, 0.717) is 23.2 Å². The molecule has 0 spiro atoms. The summed E-state index contributed by atoms with van der Waals surface area (Å²) in [5, 5.41) is 9.98. The number of para-hydroxylation sites is 1. The van der Waals surface area contributed by atoms with Crippen LogP contribution in [-0.4, -0.2) is 34.8 Å². The molecule has 182 valence electrons. The summed E-state index contributed by atoms with van der Waals surface area (Å²) in [6, 6.07) is 12.2. The summed E-state index contributed by atoms with van der Waals surface area (Å²) in [4.78, 5) is 8.38. The van der Waals surface area contributed by atoms with E-state index in [9.17, 15) is 21.6 Å². The van der Waals surface area contributed by atoms with Crippen molar-refractivity contribution in [2.45, 2.75) is 18.9 Å². The van der Waals surface area contributed by atoms with Gasteiger partial charge in [0, 0.05) is 12.4 Å². The Labute approximate surface area is 198 Å². The third kappa shape index (κ3) is 6.32. The SMILES string of the molecule is CS(=O)(=O)Nc1ccccc1CC(Nc1ncc(-c2nnc(C(F)F)o2)cn1)c1ccc(F)cc1. The van der Waals surface area contributed by atoms with Gasteiger partial charge in [-0.1, -0.05) is 30.3 Å². The second-order valence-electron chi connectivity index (χ2n) is 7.53. The number of halogens is 3. The molecule has 2 heterocycles. The molecule has 4 rings (SSSR count). The van der Waals surface area contributed by atoms with E-state index in [2.05, 4.69) is 30.2 Å². The van der Waals surface area contributed by atoms with Crippen LogP contribution < -0.4 is 10.0 Å². The van der Waals surface area contributed by atoms with Crippen LogP contribution >= 0.6 is 0 Å². The van der Waals surface area contributed by atoms with Crippen molar-refractivity contribution in [2.75, 3.05) is 16.3 Å². The van der Waals surface area contributed by atoms with Gasteiger partial charge in [0.15, 0.2) is 0 Å². The third-order valence-electron chi connectivity index (χ3n) is 4.84. The first-order chi connectivity index (χ1) is 16.7. The van der Waals surface area contributed by atoms with Gasteiger partial charge >= 0.3 is 6.43 Å². The fraction of sp³-hybridized carbons (Fsp3) is 0.182.